The summed E-state index contributed by atoms with van der Waals surface area (Å²) in [5, 5.41) is 2.95. The highest BCUT2D eigenvalue weighted by Gasteiger charge is 2.28. The van der Waals surface area contributed by atoms with Gasteiger partial charge in [0.2, 0.25) is 10.0 Å². The van der Waals surface area contributed by atoms with E-state index in [1.54, 1.807) is 37.4 Å². The number of benzene rings is 2. The van der Waals surface area contributed by atoms with Crippen molar-refractivity contribution >= 4 is 27.3 Å². The molecule has 9 heteroatoms. The Morgan fingerprint density at radius 2 is 1.72 bits per heavy atom. The monoisotopic (exact) mass is 459 g/mol. The van der Waals surface area contributed by atoms with Crippen LogP contribution in [0.2, 0.25) is 0 Å². The molecule has 172 valence electrons. The summed E-state index contributed by atoms with van der Waals surface area (Å²) in [7, 11) is -2.04. The van der Waals surface area contributed by atoms with E-state index in [1.165, 1.54) is 4.31 Å². The van der Waals surface area contributed by atoms with Gasteiger partial charge in [0.1, 0.15) is 0 Å². The molecule has 2 heterocycles. The molecule has 4 rings (SSSR count). The molecule has 8 nitrogen and oxygen atoms in total. The molecule has 2 aromatic carbocycles. The fraction of sp³-hybridized carbons (Fsp3) is 0.435. The topological polar surface area (TPSA) is 88.2 Å². The third-order valence-electron chi connectivity index (χ3n) is 5.80. The molecule has 2 aliphatic rings. The van der Waals surface area contributed by atoms with Crippen molar-refractivity contribution < 1.29 is 22.7 Å². The maximum absolute atomic E-state index is 13.2. The normalized spacial score (nSPS) is 17.5. The van der Waals surface area contributed by atoms with E-state index in [0.717, 1.165) is 37.2 Å². The van der Waals surface area contributed by atoms with Crippen molar-refractivity contribution in [1.29, 1.82) is 0 Å². The minimum Gasteiger partial charge on any atom is -0.380 e. The number of hydrogen-bond acceptors (Lipinski definition) is 6. The van der Waals surface area contributed by atoms with Gasteiger partial charge in [-0.3, -0.25) is 4.79 Å². The SMILES string of the molecule is COCc1ccc(C(=O)Nc2cc(S(=O)(=O)N3CCOCC3)ccc2N2CCCC2)cc1. The van der Waals surface area contributed by atoms with E-state index < -0.39 is 10.0 Å². The third-order valence-corrected chi connectivity index (χ3v) is 7.69. The Bertz CT molecular complexity index is 1040. The Hall–Kier alpha value is -2.46. The zero-order valence-corrected chi connectivity index (χ0v) is 19.1. The molecule has 1 N–H and O–H groups in total. The first-order valence-corrected chi connectivity index (χ1v) is 12.3. The van der Waals surface area contributed by atoms with E-state index in [2.05, 4.69) is 10.2 Å². The van der Waals surface area contributed by atoms with Crippen molar-refractivity contribution in [1.82, 2.24) is 4.31 Å². The quantitative estimate of drug-likeness (QED) is 0.685. The first-order valence-electron chi connectivity index (χ1n) is 10.8. The first kappa shape index (κ1) is 22.7. The molecule has 0 unspecified atom stereocenters. The Morgan fingerprint density at radius 3 is 2.38 bits per heavy atom. The van der Waals surface area contributed by atoms with Crippen molar-refractivity contribution in [2.45, 2.75) is 24.3 Å². The van der Waals surface area contributed by atoms with Gasteiger partial charge in [0.25, 0.3) is 5.91 Å². The Morgan fingerprint density at radius 1 is 1.03 bits per heavy atom. The average Bonchev–Trinajstić information content (AvgIpc) is 3.35. The summed E-state index contributed by atoms with van der Waals surface area (Å²) in [6.45, 7) is 3.65. The Labute approximate surface area is 189 Å². The van der Waals surface area contributed by atoms with Crippen LogP contribution in [0.1, 0.15) is 28.8 Å². The van der Waals surface area contributed by atoms with Crippen LogP contribution in [-0.4, -0.2) is 65.1 Å². The summed E-state index contributed by atoms with van der Waals surface area (Å²) in [5.74, 6) is -0.282. The summed E-state index contributed by atoms with van der Waals surface area (Å²) in [6, 6.07) is 12.2. The lowest BCUT2D eigenvalue weighted by Gasteiger charge is -2.27. The standard InChI is InChI=1S/C23H29N3O5S/c1-30-17-18-4-6-19(7-5-18)23(27)24-21-16-20(8-9-22(21)25-10-2-3-11-25)32(28,29)26-12-14-31-15-13-26/h4-9,16H,2-3,10-15,17H2,1H3,(H,24,27). The van der Waals surface area contributed by atoms with Crippen LogP contribution < -0.4 is 10.2 Å². The van der Waals surface area contributed by atoms with E-state index in [0.29, 0.717) is 44.2 Å². The zero-order chi connectivity index (χ0) is 22.6. The third kappa shape index (κ3) is 4.96. The minimum absolute atomic E-state index is 0.174. The number of ether oxygens (including phenoxy) is 2. The molecule has 2 fully saturated rings. The number of hydrogen-bond donors (Lipinski definition) is 1. The number of methoxy groups -OCH3 is 1. The van der Waals surface area contributed by atoms with Gasteiger partial charge in [0.05, 0.1) is 36.1 Å². The van der Waals surface area contributed by atoms with E-state index in [-0.39, 0.29) is 10.8 Å². The molecular weight excluding hydrogens is 430 g/mol. The fourth-order valence-electron chi connectivity index (χ4n) is 4.06. The van der Waals surface area contributed by atoms with Crippen LogP contribution in [-0.2, 0) is 26.1 Å². The lowest BCUT2D eigenvalue weighted by molar-refractivity contribution is 0.0730. The maximum atomic E-state index is 13.2. The van der Waals surface area contributed by atoms with Gasteiger partial charge in [-0.15, -0.1) is 0 Å². The number of sulfonamides is 1. The molecule has 2 aromatic rings. The molecule has 0 aromatic heterocycles. The zero-order valence-electron chi connectivity index (χ0n) is 18.2. The summed E-state index contributed by atoms with van der Waals surface area (Å²) in [6.07, 6.45) is 2.14. The number of nitrogens with zero attached hydrogens (tertiary/aromatic N) is 2. The summed E-state index contributed by atoms with van der Waals surface area (Å²) in [4.78, 5) is 15.3. The smallest absolute Gasteiger partial charge is 0.255 e. The van der Waals surface area contributed by atoms with Crippen molar-refractivity contribution in [3.8, 4) is 0 Å². The van der Waals surface area contributed by atoms with Crippen LogP contribution >= 0.6 is 0 Å². The largest absolute Gasteiger partial charge is 0.380 e. The second-order valence-corrected chi connectivity index (χ2v) is 9.91. The molecule has 0 bridgehead atoms. The summed E-state index contributed by atoms with van der Waals surface area (Å²) >= 11 is 0. The van der Waals surface area contributed by atoms with Gasteiger partial charge >= 0.3 is 0 Å². The lowest BCUT2D eigenvalue weighted by Crippen LogP contribution is -2.40. The lowest BCUT2D eigenvalue weighted by atomic mass is 10.1. The molecule has 1 amide bonds. The molecule has 0 radical (unpaired) electrons. The number of anilines is 2. The van der Waals surface area contributed by atoms with Crippen molar-refractivity contribution in [2.24, 2.45) is 0 Å². The van der Waals surface area contributed by atoms with Gasteiger partial charge in [-0.1, -0.05) is 12.1 Å². The van der Waals surface area contributed by atoms with Crippen molar-refractivity contribution in [3.05, 3.63) is 53.6 Å². The molecular formula is C23H29N3O5S. The van der Waals surface area contributed by atoms with Crippen LogP contribution in [0.5, 0.6) is 0 Å². The predicted molar refractivity (Wildman–Crippen MR) is 123 cm³/mol. The average molecular weight is 460 g/mol. The predicted octanol–water partition coefficient (Wildman–Crippen LogP) is 2.71. The number of carbonyl (C=O) groups is 1. The second-order valence-electron chi connectivity index (χ2n) is 7.97. The van der Waals surface area contributed by atoms with Crippen molar-refractivity contribution in [3.63, 3.8) is 0 Å². The number of nitrogens with one attached hydrogen (secondary N) is 1. The molecule has 2 aliphatic heterocycles. The summed E-state index contributed by atoms with van der Waals surface area (Å²) < 4.78 is 38.2. The maximum Gasteiger partial charge on any atom is 0.255 e. The van der Waals surface area contributed by atoms with Gasteiger partial charge in [0, 0.05) is 38.9 Å². The van der Waals surface area contributed by atoms with Gasteiger partial charge in [-0.25, -0.2) is 8.42 Å². The van der Waals surface area contributed by atoms with E-state index in [9.17, 15) is 13.2 Å². The second kappa shape index (κ2) is 9.99. The van der Waals surface area contributed by atoms with Crippen molar-refractivity contribution in [2.75, 3.05) is 56.7 Å². The van der Waals surface area contributed by atoms with E-state index >= 15 is 0 Å². The highest BCUT2D eigenvalue weighted by Crippen LogP contribution is 2.33. The number of morpholine rings is 1. The summed E-state index contributed by atoms with van der Waals surface area (Å²) in [5.41, 5.74) is 2.82. The van der Waals surface area contributed by atoms with Crippen LogP contribution in [0.15, 0.2) is 47.4 Å². The van der Waals surface area contributed by atoms with Crippen LogP contribution in [0.25, 0.3) is 0 Å². The van der Waals surface area contributed by atoms with E-state index in [1.807, 2.05) is 12.1 Å². The van der Waals surface area contributed by atoms with Gasteiger partial charge in [-0.2, -0.15) is 4.31 Å². The molecule has 32 heavy (non-hydrogen) atoms. The van der Waals surface area contributed by atoms with Gasteiger partial charge in [0.15, 0.2) is 0 Å². The fourth-order valence-corrected chi connectivity index (χ4v) is 5.49. The molecule has 2 saturated heterocycles. The molecule has 0 spiro atoms. The Balaban J connectivity index is 1.63. The van der Waals surface area contributed by atoms with Crippen LogP contribution in [0, 0.1) is 0 Å². The minimum atomic E-state index is -3.67. The Kier molecular flexibility index (Phi) is 7.10. The highest BCUT2D eigenvalue weighted by atomic mass is 32.2. The number of amides is 1. The molecule has 0 aliphatic carbocycles. The van der Waals surface area contributed by atoms with Gasteiger partial charge < -0.3 is 19.7 Å². The number of carbonyl (C=O) groups excluding carboxylic acids is 1. The van der Waals surface area contributed by atoms with E-state index in [4.69, 9.17) is 9.47 Å². The highest BCUT2D eigenvalue weighted by molar-refractivity contribution is 7.89. The van der Waals surface area contributed by atoms with Crippen LogP contribution in [0.3, 0.4) is 0 Å². The molecule has 0 saturated carbocycles. The van der Waals surface area contributed by atoms with Gasteiger partial charge in [-0.05, 0) is 48.7 Å². The molecule has 0 atom stereocenters. The number of rotatable bonds is 7. The van der Waals surface area contributed by atoms with Crippen LogP contribution in [0.4, 0.5) is 11.4 Å². The first-order chi connectivity index (χ1) is 15.5.